The maximum atomic E-state index is 13.2. The van der Waals surface area contributed by atoms with E-state index in [1.165, 1.54) is 11.3 Å². The number of aromatic nitrogens is 3. The van der Waals surface area contributed by atoms with E-state index in [0.29, 0.717) is 34.4 Å². The van der Waals surface area contributed by atoms with Gasteiger partial charge in [-0.05, 0) is 31.0 Å². The largest absolute Gasteiger partial charge is 0.495 e. The number of rotatable bonds is 6. The van der Waals surface area contributed by atoms with Crippen LogP contribution in [0.25, 0.3) is 10.2 Å². The second kappa shape index (κ2) is 7.76. The van der Waals surface area contributed by atoms with Gasteiger partial charge in [-0.2, -0.15) is 5.10 Å². The van der Waals surface area contributed by atoms with Crippen molar-refractivity contribution in [2.24, 2.45) is 7.05 Å². The number of amides is 1. The number of fused-ring (bicyclic) bond motifs is 1. The van der Waals surface area contributed by atoms with E-state index < -0.39 is 0 Å². The molecule has 1 fully saturated rings. The van der Waals surface area contributed by atoms with Gasteiger partial charge in [0.05, 0.1) is 26.9 Å². The Morgan fingerprint density at radius 3 is 2.75 bits per heavy atom. The molecule has 3 aromatic rings. The Hall–Kier alpha value is -2.65. The topological polar surface area (TPSA) is 78.7 Å². The number of anilines is 1. The van der Waals surface area contributed by atoms with E-state index in [1.807, 2.05) is 12.1 Å². The highest BCUT2D eigenvalue weighted by Gasteiger charge is 2.29. The van der Waals surface area contributed by atoms with Gasteiger partial charge < -0.3 is 14.2 Å². The van der Waals surface area contributed by atoms with Gasteiger partial charge in [-0.3, -0.25) is 14.4 Å². The van der Waals surface area contributed by atoms with Gasteiger partial charge in [0.25, 0.3) is 5.91 Å². The van der Waals surface area contributed by atoms with Gasteiger partial charge in [-0.1, -0.05) is 11.3 Å². The van der Waals surface area contributed by atoms with Crippen LogP contribution >= 0.6 is 11.3 Å². The number of hydrogen-bond acceptors (Lipinski definition) is 7. The van der Waals surface area contributed by atoms with Gasteiger partial charge in [-0.15, -0.1) is 0 Å². The Kier molecular flexibility index (Phi) is 5.19. The van der Waals surface area contributed by atoms with Crippen molar-refractivity contribution in [1.82, 2.24) is 14.8 Å². The second-order valence-electron chi connectivity index (χ2n) is 6.57. The molecule has 148 valence electrons. The SMILES string of the molecule is COc1ccc(OC)c2sc(N(C[C@H]3CCCO3)C(=O)c3ccn(C)n3)nc12. The van der Waals surface area contributed by atoms with E-state index in [9.17, 15) is 4.79 Å². The lowest BCUT2D eigenvalue weighted by Crippen LogP contribution is -2.37. The van der Waals surface area contributed by atoms with Crippen LogP contribution in [-0.4, -0.2) is 54.1 Å². The summed E-state index contributed by atoms with van der Waals surface area (Å²) in [6, 6.07) is 5.36. The maximum Gasteiger partial charge on any atom is 0.280 e. The molecule has 0 N–H and O–H groups in total. The highest BCUT2D eigenvalue weighted by molar-refractivity contribution is 7.22. The van der Waals surface area contributed by atoms with E-state index in [-0.39, 0.29) is 12.0 Å². The molecule has 8 nitrogen and oxygen atoms in total. The summed E-state index contributed by atoms with van der Waals surface area (Å²) in [5.41, 5.74) is 1.05. The van der Waals surface area contributed by atoms with Gasteiger partial charge in [0.15, 0.2) is 10.8 Å². The fourth-order valence-corrected chi connectivity index (χ4v) is 4.38. The predicted molar refractivity (Wildman–Crippen MR) is 107 cm³/mol. The van der Waals surface area contributed by atoms with Gasteiger partial charge in [0.2, 0.25) is 0 Å². The van der Waals surface area contributed by atoms with Crippen LogP contribution in [0.4, 0.5) is 5.13 Å². The fourth-order valence-electron chi connectivity index (χ4n) is 3.30. The molecule has 3 heterocycles. The predicted octanol–water partition coefficient (Wildman–Crippen LogP) is 2.87. The average molecular weight is 402 g/mol. The van der Waals surface area contributed by atoms with Crippen molar-refractivity contribution in [2.75, 3.05) is 32.3 Å². The number of methoxy groups -OCH3 is 2. The van der Waals surface area contributed by atoms with Gasteiger partial charge in [-0.25, -0.2) is 4.98 Å². The maximum absolute atomic E-state index is 13.2. The molecule has 1 amide bonds. The number of ether oxygens (including phenoxy) is 3. The Morgan fingerprint density at radius 2 is 2.11 bits per heavy atom. The van der Waals surface area contributed by atoms with E-state index in [2.05, 4.69) is 5.10 Å². The highest BCUT2D eigenvalue weighted by Crippen LogP contribution is 2.40. The Labute approximate surface area is 166 Å². The molecule has 2 aromatic heterocycles. The van der Waals surface area contributed by atoms with Crippen LogP contribution in [0.3, 0.4) is 0 Å². The fraction of sp³-hybridized carbons (Fsp3) is 0.421. The van der Waals surface area contributed by atoms with E-state index in [0.717, 1.165) is 24.1 Å². The normalized spacial score (nSPS) is 16.5. The molecule has 0 bridgehead atoms. The van der Waals surface area contributed by atoms with Crippen molar-refractivity contribution in [3.63, 3.8) is 0 Å². The number of carbonyl (C=O) groups excluding carboxylic acids is 1. The monoisotopic (exact) mass is 402 g/mol. The first-order valence-corrected chi connectivity index (χ1v) is 9.87. The second-order valence-corrected chi connectivity index (χ2v) is 7.55. The minimum absolute atomic E-state index is 0.0107. The third kappa shape index (κ3) is 3.43. The van der Waals surface area contributed by atoms with Crippen LogP contribution in [0, 0.1) is 0 Å². The summed E-state index contributed by atoms with van der Waals surface area (Å²) in [5, 5.41) is 4.84. The molecular weight excluding hydrogens is 380 g/mol. The molecule has 1 aliphatic heterocycles. The number of aryl methyl sites for hydroxylation is 1. The van der Waals surface area contributed by atoms with Crippen LogP contribution in [0.1, 0.15) is 23.3 Å². The molecule has 1 aliphatic rings. The lowest BCUT2D eigenvalue weighted by Gasteiger charge is -2.22. The number of carbonyl (C=O) groups is 1. The highest BCUT2D eigenvalue weighted by atomic mass is 32.1. The first-order chi connectivity index (χ1) is 13.6. The lowest BCUT2D eigenvalue weighted by atomic mass is 10.2. The average Bonchev–Trinajstić information content (AvgIpc) is 3.45. The third-order valence-electron chi connectivity index (χ3n) is 4.72. The Bertz CT molecular complexity index is 952. The van der Waals surface area contributed by atoms with E-state index >= 15 is 0 Å². The van der Waals surface area contributed by atoms with Gasteiger partial charge >= 0.3 is 0 Å². The van der Waals surface area contributed by atoms with Gasteiger partial charge in [0, 0.05) is 19.9 Å². The number of thiazole rings is 1. The molecule has 4 rings (SSSR count). The Balaban J connectivity index is 1.77. The van der Waals surface area contributed by atoms with Crippen LogP contribution in [0.2, 0.25) is 0 Å². The first kappa shape index (κ1) is 18.7. The molecule has 0 radical (unpaired) electrons. The molecule has 1 saturated heterocycles. The molecule has 0 saturated carbocycles. The quantitative estimate of drug-likeness (QED) is 0.631. The number of hydrogen-bond donors (Lipinski definition) is 0. The summed E-state index contributed by atoms with van der Waals surface area (Å²) < 4.78 is 19.1. The summed E-state index contributed by atoms with van der Waals surface area (Å²) >= 11 is 1.40. The van der Waals surface area contributed by atoms with Crippen molar-refractivity contribution in [3.05, 3.63) is 30.1 Å². The molecule has 1 atom stereocenters. The third-order valence-corrected chi connectivity index (χ3v) is 5.81. The Morgan fingerprint density at radius 1 is 1.32 bits per heavy atom. The summed E-state index contributed by atoms with van der Waals surface area (Å²) in [6.07, 6.45) is 3.66. The van der Waals surface area contributed by atoms with E-state index in [1.54, 1.807) is 43.1 Å². The zero-order valence-electron chi connectivity index (χ0n) is 16.0. The molecule has 28 heavy (non-hydrogen) atoms. The molecule has 0 aliphatic carbocycles. The van der Waals surface area contributed by atoms with E-state index in [4.69, 9.17) is 19.2 Å². The van der Waals surface area contributed by atoms with Crippen molar-refractivity contribution in [1.29, 1.82) is 0 Å². The molecule has 0 unspecified atom stereocenters. The minimum Gasteiger partial charge on any atom is -0.495 e. The van der Waals surface area contributed by atoms with Crippen LogP contribution < -0.4 is 14.4 Å². The molecule has 9 heteroatoms. The summed E-state index contributed by atoms with van der Waals surface area (Å²) in [6.45, 7) is 1.15. The lowest BCUT2D eigenvalue weighted by molar-refractivity contribution is 0.0913. The van der Waals surface area contributed by atoms with Crippen molar-refractivity contribution < 1.29 is 19.0 Å². The zero-order chi connectivity index (χ0) is 19.7. The molecule has 1 aromatic carbocycles. The van der Waals surface area contributed by atoms with Crippen LogP contribution in [-0.2, 0) is 11.8 Å². The first-order valence-electron chi connectivity index (χ1n) is 9.05. The number of benzene rings is 1. The van der Waals surface area contributed by atoms with Crippen molar-refractivity contribution in [3.8, 4) is 11.5 Å². The minimum atomic E-state index is -0.201. The summed E-state index contributed by atoms with van der Waals surface area (Å²) in [7, 11) is 5.00. The van der Waals surface area contributed by atoms with Gasteiger partial charge in [0.1, 0.15) is 21.7 Å². The molecule has 0 spiro atoms. The zero-order valence-corrected chi connectivity index (χ0v) is 16.9. The van der Waals surface area contributed by atoms with Crippen molar-refractivity contribution in [2.45, 2.75) is 18.9 Å². The smallest absolute Gasteiger partial charge is 0.280 e. The summed E-state index contributed by atoms with van der Waals surface area (Å²) in [5.74, 6) is 1.13. The van der Waals surface area contributed by atoms with Crippen molar-refractivity contribution >= 4 is 32.6 Å². The van der Waals surface area contributed by atoms with Crippen LogP contribution in [0.5, 0.6) is 11.5 Å². The number of nitrogens with zero attached hydrogens (tertiary/aromatic N) is 4. The standard InChI is InChI=1S/C19H22N4O4S/c1-22-9-8-13(21-22)18(24)23(11-12-5-4-10-27-12)19-20-16-14(25-2)6-7-15(26-3)17(16)28-19/h6-9,12H,4-5,10-11H2,1-3H3/t12-/m1/s1. The van der Waals surface area contributed by atoms with Crippen LogP contribution in [0.15, 0.2) is 24.4 Å². The molecular formula is C19H22N4O4S. The summed E-state index contributed by atoms with van der Waals surface area (Å²) in [4.78, 5) is 19.6.